The van der Waals surface area contributed by atoms with Crippen molar-refractivity contribution in [3.05, 3.63) is 16.6 Å². The van der Waals surface area contributed by atoms with Crippen molar-refractivity contribution >= 4 is 27.6 Å². The summed E-state index contributed by atoms with van der Waals surface area (Å²) in [5.41, 5.74) is 0.642. The zero-order chi connectivity index (χ0) is 15.3. The normalized spacial score (nSPS) is 10.3. The lowest BCUT2D eigenvalue weighted by atomic mass is 10.2. The van der Waals surface area contributed by atoms with Gasteiger partial charge in [0.1, 0.15) is 0 Å². The number of hydrogen-bond donors (Lipinski definition) is 1. The van der Waals surface area contributed by atoms with Crippen LogP contribution in [0.2, 0.25) is 0 Å². The van der Waals surface area contributed by atoms with Gasteiger partial charge in [0, 0.05) is 30.2 Å². The summed E-state index contributed by atoms with van der Waals surface area (Å²) in [6, 6.07) is 3.33. The SMILES string of the molecule is COc1cc(Br)c(NC(=O)N(C)CC(C)C)cc1OC. The standard InChI is InChI=1S/C14H21BrN2O3/c1-9(2)8-17(3)14(18)16-11-7-13(20-5)12(19-4)6-10(11)15/h6-7,9H,8H2,1-5H3,(H,16,18). The fourth-order valence-electron chi connectivity index (χ4n) is 1.79. The highest BCUT2D eigenvalue weighted by Crippen LogP contribution is 2.36. The molecule has 0 saturated heterocycles. The van der Waals surface area contributed by atoms with E-state index in [1.54, 1.807) is 38.3 Å². The summed E-state index contributed by atoms with van der Waals surface area (Å²) in [6.07, 6.45) is 0. The predicted octanol–water partition coefficient (Wildman–Crippen LogP) is 3.59. The minimum absolute atomic E-state index is 0.161. The van der Waals surface area contributed by atoms with Crippen molar-refractivity contribution in [1.29, 1.82) is 0 Å². The van der Waals surface area contributed by atoms with Gasteiger partial charge in [0.15, 0.2) is 11.5 Å². The summed E-state index contributed by atoms with van der Waals surface area (Å²) in [5.74, 6) is 1.59. The van der Waals surface area contributed by atoms with Crippen LogP contribution in [0.4, 0.5) is 10.5 Å². The average molecular weight is 345 g/mol. The maximum atomic E-state index is 12.1. The molecule has 1 aromatic carbocycles. The molecule has 1 N–H and O–H groups in total. The maximum absolute atomic E-state index is 12.1. The van der Waals surface area contributed by atoms with Gasteiger partial charge >= 0.3 is 6.03 Å². The lowest BCUT2D eigenvalue weighted by Crippen LogP contribution is -2.34. The van der Waals surface area contributed by atoms with Gasteiger partial charge in [-0.15, -0.1) is 0 Å². The van der Waals surface area contributed by atoms with E-state index in [-0.39, 0.29) is 6.03 Å². The van der Waals surface area contributed by atoms with Crippen molar-refractivity contribution < 1.29 is 14.3 Å². The summed E-state index contributed by atoms with van der Waals surface area (Å²) in [4.78, 5) is 13.7. The highest BCUT2D eigenvalue weighted by atomic mass is 79.9. The Bertz CT molecular complexity index is 478. The number of rotatable bonds is 5. The number of nitrogens with one attached hydrogen (secondary N) is 1. The molecule has 20 heavy (non-hydrogen) atoms. The van der Waals surface area contributed by atoms with Gasteiger partial charge in [-0.3, -0.25) is 0 Å². The number of halogens is 1. The molecular weight excluding hydrogens is 324 g/mol. The summed E-state index contributed by atoms with van der Waals surface area (Å²) in [6.45, 7) is 4.82. The molecule has 0 aliphatic rings. The lowest BCUT2D eigenvalue weighted by Gasteiger charge is -2.21. The Balaban J connectivity index is 2.89. The van der Waals surface area contributed by atoms with Crippen LogP contribution >= 0.6 is 15.9 Å². The molecule has 0 aromatic heterocycles. The van der Waals surface area contributed by atoms with E-state index >= 15 is 0 Å². The molecule has 0 aliphatic carbocycles. The minimum Gasteiger partial charge on any atom is -0.493 e. The molecule has 2 amide bonds. The van der Waals surface area contributed by atoms with Crippen LogP contribution in [-0.4, -0.2) is 38.7 Å². The van der Waals surface area contributed by atoms with Crippen LogP contribution in [0.1, 0.15) is 13.8 Å². The zero-order valence-electron chi connectivity index (χ0n) is 12.5. The number of ether oxygens (including phenoxy) is 2. The Morgan fingerprint density at radius 1 is 1.30 bits per heavy atom. The molecule has 1 aromatic rings. The zero-order valence-corrected chi connectivity index (χ0v) is 14.1. The predicted molar refractivity (Wildman–Crippen MR) is 83.7 cm³/mol. The number of anilines is 1. The number of benzene rings is 1. The first-order valence-corrected chi connectivity index (χ1v) is 7.12. The highest BCUT2D eigenvalue weighted by molar-refractivity contribution is 9.10. The fourth-order valence-corrected chi connectivity index (χ4v) is 2.21. The second-order valence-corrected chi connectivity index (χ2v) is 5.75. The smallest absolute Gasteiger partial charge is 0.321 e. The summed E-state index contributed by atoms with van der Waals surface area (Å²) in [5, 5.41) is 2.85. The molecule has 0 radical (unpaired) electrons. The van der Waals surface area contributed by atoms with E-state index in [0.29, 0.717) is 29.6 Å². The largest absolute Gasteiger partial charge is 0.493 e. The number of amides is 2. The topological polar surface area (TPSA) is 50.8 Å². The van der Waals surface area contributed by atoms with Gasteiger partial charge in [0.2, 0.25) is 0 Å². The van der Waals surface area contributed by atoms with E-state index in [9.17, 15) is 4.79 Å². The number of methoxy groups -OCH3 is 2. The Kier molecular flexibility index (Phi) is 6.13. The molecule has 0 saturated carbocycles. The van der Waals surface area contributed by atoms with Gasteiger partial charge in [-0.05, 0) is 21.8 Å². The third kappa shape index (κ3) is 4.30. The van der Waals surface area contributed by atoms with Gasteiger partial charge < -0.3 is 19.7 Å². The Hall–Kier alpha value is -1.43. The molecule has 0 unspecified atom stereocenters. The molecule has 0 fully saturated rings. The Labute approximate surface area is 128 Å². The molecule has 0 aliphatic heterocycles. The molecule has 0 bridgehead atoms. The van der Waals surface area contributed by atoms with Crippen LogP contribution in [0.25, 0.3) is 0 Å². The number of carbonyl (C=O) groups is 1. The van der Waals surface area contributed by atoms with Crippen LogP contribution in [-0.2, 0) is 0 Å². The molecule has 5 nitrogen and oxygen atoms in total. The monoisotopic (exact) mass is 344 g/mol. The van der Waals surface area contributed by atoms with Gasteiger partial charge in [-0.1, -0.05) is 13.8 Å². The molecule has 112 valence electrons. The second kappa shape index (κ2) is 7.38. The lowest BCUT2D eigenvalue weighted by molar-refractivity contribution is 0.217. The van der Waals surface area contributed by atoms with E-state index in [0.717, 1.165) is 4.47 Å². The van der Waals surface area contributed by atoms with Crippen molar-refractivity contribution in [2.24, 2.45) is 5.92 Å². The van der Waals surface area contributed by atoms with Gasteiger partial charge in [0.05, 0.1) is 19.9 Å². The van der Waals surface area contributed by atoms with Gasteiger partial charge in [-0.2, -0.15) is 0 Å². The van der Waals surface area contributed by atoms with Crippen LogP contribution in [0.5, 0.6) is 11.5 Å². The van der Waals surface area contributed by atoms with E-state index in [4.69, 9.17) is 9.47 Å². The molecular formula is C14H21BrN2O3. The third-order valence-electron chi connectivity index (χ3n) is 2.70. The molecule has 0 spiro atoms. The number of carbonyl (C=O) groups excluding carboxylic acids is 1. The van der Waals surface area contributed by atoms with E-state index in [2.05, 4.69) is 35.1 Å². The fraction of sp³-hybridized carbons (Fsp3) is 0.500. The first-order chi connectivity index (χ1) is 9.38. The number of nitrogens with zero attached hydrogens (tertiary/aromatic N) is 1. The highest BCUT2D eigenvalue weighted by Gasteiger charge is 2.14. The quantitative estimate of drug-likeness (QED) is 0.887. The Morgan fingerprint density at radius 3 is 2.35 bits per heavy atom. The maximum Gasteiger partial charge on any atom is 0.321 e. The van der Waals surface area contributed by atoms with Gasteiger partial charge in [-0.25, -0.2) is 4.79 Å². The van der Waals surface area contributed by atoms with Crippen LogP contribution in [0.15, 0.2) is 16.6 Å². The van der Waals surface area contributed by atoms with E-state index in [1.807, 2.05) is 0 Å². The second-order valence-electron chi connectivity index (χ2n) is 4.89. The molecule has 0 heterocycles. The van der Waals surface area contributed by atoms with E-state index < -0.39 is 0 Å². The first kappa shape index (κ1) is 16.6. The minimum atomic E-state index is -0.161. The van der Waals surface area contributed by atoms with Crippen molar-refractivity contribution in [2.75, 3.05) is 33.1 Å². The van der Waals surface area contributed by atoms with Gasteiger partial charge in [0.25, 0.3) is 0 Å². The molecule has 6 heteroatoms. The summed E-state index contributed by atoms with van der Waals surface area (Å²) >= 11 is 3.41. The number of hydrogen-bond acceptors (Lipinski definition) is 3. The summed E-state index contributed by atoms with van der Waals surface area (Å²) in [7, 11) is 4.89. The van der Waals surface area contributed by atoms with Crippen LogP contribution in [0, 0.1) is 5.92 Å². The molecule has 0 atom stereocenters. The Morgan fingerprint density at radius 2 is 1.85 bits per heavy atom. The van der Waals surface area contributed by atoms with Crippen molar-refractivity contribution in [3.63, 3.8) is 0 Å². The number of urea groups is 1. The first-order valence-electron chi connectivity index (χ1n) is 6.32. The van der Waals surface area contributed by atoms with E-state index in [1.165, 1.54) is 0 Å². The van der Waals surface area contributed by atoms with Crippen molar-refractivity contribution in [3.8, 4) is 11.5 Å². The summed E-state index contributed by atoms with van der Waals surface area (Å²) < 4.78 is 11.2. The average Bonchev–Trinajstić information content (AvgIpc) is 2.39. The molecule has 1 rings (SSSR count). The van der Waals surface area contributed by atoms with Crippen LogP contribution < -0.4 is 14.8 Å². The van der Waals surface area contributed by atoms with Crippen LogP contribution in [0.3, 0.4) is 0 Å². The van der Waals surface area contributed by atoms with Crippen molar-refractivity contribution in [2.45, 2.75) is 13.8 Å². The third-order valence-corrected chi connectivity index (χ3v) is 3.36. The van der Waals surface area contributed by atoms with Crippen molar-refractivity contribution in [1.82, 2.24) is 4.90 Å².